The SMILES string of the molecule is CC(=O)c1ccc(Cl)cc1-c1cc(=O)[nH]nc1OCCO. The average molecular weight is 309 g/mol. The topological polar surface area (TPSA) is 92.3 Å². The van der Waals surface area contributed by atoms with Crippen molar-refractivity contribution in [2.24, 2.45) is 0 Å². The Balaban J connectivity index is 2.65. The molecule has 2 aromatic rings. The summed E-state index contributed by atoms with van der Waals surface area (Å²) in [5.41, 5.74) is 0.776. The molecule has 1 heterocycles. The molecule has 0 aliphatic heterocycles. The van der Waals surface area contributed by atoms with Crippen molar-refractivity contribution >= 4 is 17.4 Å². The lowest BCUT2D eigenvalue weighted by Gasteiger charge is -2.11. The molecule has 0 saturated heterocycles. The third kappa shape index (κ3) is 3.48. The van der Waals surface area contributed by atoms with Crippen LogP contribution in [0.4, 0.5) is 0 Å². The fourth-order valence-electron chi connectivity index (χ4n) is 1.88. The second kappa shape index (κ2) is 6.51. The zero-order valence-corrected chi connectivity index (χ0v) is 12.0. The van der Waals surface area contributed by atoms with Gasteiger partial charge in [0.15, 0.2) is 5.78 Å². The van der Waals surface area contributed by atoms with Crippen molar-refractivity contribution in [1.29, 1.82) is 0 Å². The van der Waals surface area contributed by atoms with Crippen molar-refractivity contribution < 1.29 is 14.6 Å². The maximum absolute atomic E-state index is 11.7. The molecular weight excluding hydrogens is 296 g/mol. The second-order valence-electron chi connectivity index (χ2n) is 4.27. The Morgan fingerprint density at radius 3 is 2.81 bits per heavy atom. The number of nitrogens with one attached hydrogen (secondary N) is 1. The normalized spacial score (nSPS) is 10.4. The van der Waals surface area contributed by atoms with E-state index in [0.29, 0.717) is 21.7 Å². The molecule has 2 rings (SSSR count). The molecule has 1 aromatic carbocycles. The largest absolute Gasteiger partial charge is 0.474 e. The molecule has 0 saturated carbocycles. The number of hydrogen-bond donors (Lipinski definition) is 2. The fourth-order valence-corrected chi connectivity index (χ4v) is 2.05. The fraction of sp³-hybridized carbons (Fsp3) is 0.214. The monoisotopic (exact) mass is 308 g/mol. The zero-order chi connectivity index (χ0) is 15.4. The summed E-state index contributed by atoms with van der Waals surface area (Å²) in [6, 6.07) is 6.02. The van der Waals surface area contributed by atoms with Crippen LogP contribution in [0, 0.1) is 0 Å². The lowest BCUT2D eigenvalue weighted by molar-refractivity contribution is 0.101. The van der Waals surface area contributed by atoms with Crippen LogP contribution < -0.4 is 10.3 Å². The Morgan fingerprint density at radius 1 is 1.38 bits per heavy atom. The minimum Gasteiger partial charge on any atom is -0.474 e. The van der Waals surface area contributed by atoms with Gasteiger partial charge in [0, 0.05) is 16.7 Å². The van der Waals surface area contributed by atoms with Gasteiger partial charge in [0.05, 0.1) is 12.2 Å². The number of nitrogens with zero attached hydrogens (tertiary/aromatic N) is 1. The van der Waals surface area contributed by atoms with Crippen LogP contribution in [0.3, 0.4) is 0 Å². The molecule has 0 atom stereocenters. The number of Topliss-reactive ketones (excluding diaryl/α,β-unsaturated/α-hetero) is 1. The van der Waals surface area contributed by atoms with E-state index in [-0.39, 0.29) is 24.9 Å². The Hall–Kier alpha value is -2.18. The van der Waals surface area contributed by atoms with Crippen LogP contribution >= 0.6 is 11.6 Å². The number of ether oxygens (including phenoxy) is 1. The van der Waals surface area contributed by atoms with Gasteiger partial charge >= 0.3 is 0 Å². The summed E-state index contributed by atoms with van der Waals surface area (Å²) in [7, 11) is 0. The maximum atomic E-state index is 11.7. The summed E-state index contributed by atoms with van der Waals surface area (Å²) in [6.07, 6.45) is 0. The summed E-state index contributed by atoms with van der Waals surface area (Å²) in [5.74, 6) is -0.0523. The molecule has 0 amide bonds. The van der Waals surface area contributed by atoms with Gasteiger partial charge in [-0.25, -0.2) is 5.10 Å². The van der Waals surface area contributed by atoms with Crippen LogP contribution in [-0.2, 0) is 0 Å². The van der Waals surface area contributed by atoms with Crippen LogP contribution in [-0.4, -0.2) is 34.3 Å². The first-order valence-corrected chi connectivity index (χ1v) is 6.55. The number of aromatic nitrogens is 2. The molecule has 0 aliphatic rings. The van der Waals surface area contributed by atoms with Crippen molar-refractivity contribution in [2.75, 3.05) is 13.2 Å². The van der Waals surface area contributed by atoms with Gasteiger partial charge in [0.25, 0.3) is 5.56 Å². The van der Waals surface area contributed by atoms with Crippen LogP contribution in [0.1, 0.15) is 17.3 Å². The van der Waals surface area contributed by atoms with E-state index in [2.05, 4.69) is 10.2 Å². The van der Waals surface area contributed by atoms with E-state index in [1.165, 1.54) is 13.0 Å². The van der Waals surface area contributed by atoms with Crippen LogP contribution in [0.2, 0.25) is 5.02 Å². The van der Waals surface area contributed by atoms with Gasteiger partial charge in [-0.05, 0) is 30.7 Å². The number of ketones is 1. The van der Waals surface area contributed by atoms with E-state index in [9.17, 15) is 9.59 Å². The van der Waals surface area contributed by atoms with Crippen LogP contribution in [0.25, 0.3) is 11.1 Å². The van der Waals surface area contributed by atoms with Crippen molar-refractivity contribution in [3.05, 3.63) is 45.2 Å². The number of carbonyl (C=O) groups excluding carboxylic acids is 1. The molecular formula is C14H13ClN2O4. The predicted molar refractivity (Wildman–Crippen MR) is 77.9 cm³/mol. The summed E-state index contributed by atoms with van der Waals surface area (Å²) < 4.78 is 5.28. The van der Waals surface area contributed by atoms with Crippen molar-refractivity contribution in [3.8, 4) is 17.0 Å². The maximum Gasteiger partial charge on any atom is 0.265 e. The smallest absolute Gasteiger partial charge is 0.265 e. The highest BCUT2D eigenvalue weighted by molar-refractivity contribution is 6.31. The molecule has 2 N–H and O–H groups in total. The molecule has 0 unspecified atom stereocenters. The Labute approximate surface area is 125 Å². The molecule has 0 fully saturated rings. The first-order chi connectivity index (χ1) is 10.0. The Kier molecular flexibility index (Phi) is 4.72. The first-order valence-electron chi connectivity index (χ1n) is 6.17. The molecule has 21 heavy (non-hydrogen) atoms. The molecule has 0 bridgehead atoms. The number of halogens is 1. The van der Waals surface area contributed by atoms with Gasteiger partial charge < -0.3 is 9.84 Å². The standard InChI is InChI=1S/C14H13ClN2O4/c1-8(19)10-3-2-9(15)6-11(10)12-7-13(20)16-17-14(12)21-5-4-18/h2-3,6-7,18H,4-5H2,1H3,(H,16,20). The first kappa shape index (κ1) is 15.2. The molecule has 0 aliphatic carbocycles. The molecule has 6 nitrogen and oxygen atoms in total. The number of H-pyrrole nitrogens is 1. The van der Waals surface area contributed by atoms with Gasteiger partial charge in [0.1, 0.15) is 6.61 Å². The number of aliphatic hydroxyl groups excluding tert-OH is 1. The molecule has 7 heteroatoms. The van der Waals surface area contributed by atoms with Crippen LogP contribution in [0.5, 0.6) is 5.88 Å². The van der Waals surface area contributed by atoms with E-state index in [1.807, 2.05) is 0 Å². The Morgan fingerprint density at radius 2 is 2.14 bits per heavy atom. The van der Waals surface area contributed by atoms with Crippen molar-refractivity contribution in [3.63, 3.8) is 0 Å². The third-order valence-corrected chi connectivity index (χ3v) is 2.99. The number of hydrogen-bond acceptors (Lipinski definition) is 5. The van der Waals surface area contributed by atoms with Crippen molar-refractivity contribution in [2.45, 2.75) is 6.92 Å². The van der Waals surface area contributed by atoms with Gasteiger partial charge in [-0.1, -0.05) is 11.6 Å². The summed E-state index contributed by atoms with van der Waals surface area (Å²) >= 11 is 5.97. The Bertz CT molecular complexity index is 727. The molecule has 110 valence electrons. The molecule has 1 aromatic heterocycles. The minimum absolute atomic E-state index is 0.0159. The minimum atomic E-state index is -0.434. The van der Waals surface area contributed by atoms with Gasteiger partial charge in [0.2, 0.25) is 5.88 Å². The number of carbonyl (C=O) groups is 1. The molecule has 0 spiro atoms. The highest BCUT2D eigenvalue weighted by atomic mass is 35.5. The summed E-state index contributed by atoms with van der Waals surface area (Å²) in [4.78, 5) is 23.2. The van der Waals surface area contributed by atoms with Gasteiger partial charge in [-0.15, -0.1) is 5.10 Å². The van der Waals surface area contributed by atoms with Gasteiger partial charge in [-0.3, -0.25) is 9.59 Å². The number of rotatable bonds is 5. The number of aromatic amines is 1. The second-order valence-corrected chi connectivity index (χ2v) is 4.71. The zero-order valence-electron chi connectivity index (χ0n) is 11.2. The van der Waals surface area contributed by atoms with Crippen LogP contribution in [0.15, 0.2) is 29.1 Å². The highest BCUT2D eigenvalue weighted by Crippen LogP contribution is 2.31. The van der Waals surface area contributed by atoms with E-state index >= 15 is 0 Å². The lowest BCUT2D eigenvalue weighted by Crippen LogP contribution is -2.12. The summed E-state index contributed by atoms with van der Waals surface area (Å²) in [6.45, 7) is 1.24. The van der Waals surface area contributed by atoms with Gasteiger partial charge in [-0.2, -0.15) is 0 Å². The highest BCUT2D eigenvalue weighted by Gasteiger charge is 2.16. The average Bonchev–Trinajstić information content (AvgIpc) is 2.45. The van der Waals surface area contributed by atoms with Crippen molar-refractivity contribution in [1.82, 2.24) is 10.2 Å². The number of aliphatic hydroxyl groups is 1. The van der Waals surface area contributed by atoms with E-state index in [1.54, 1.807) is 18.2 Å². The van der Waals surface area contributed by atoms with E-state index in [0.717, 1.165) is 0 Å². The summed E-state index contributed by atoms with van der Waals surface area (Å²) in [5, 5.41) is 15.3. The van der Waals surface area contributed by atoms with E-state index < -0.39 is 5.56 Å². The number of benzene rings is 1. The quantitative estimate of drug-likeness (QED) is 0.820. The van der Waals surface area contributed by atoms with E-state index in [4.69, 9.17) is 21.4 Å². The predicted octanol–water partition coefficient (Wildman–Crippen LogP) is 1.66. The lowest BCUT2D eigenvalue weighted by atomic mass is 9.98. The molecule has 0 radical (unpaired) electrons. The third-order valence-electron chi connectivity index (χ3n) is 2.75.